The lowest BCUT2D eigenvalue weighted by molar-refractivity contribution is 0.101. The summed E-state index contributed by atoms with van der Waals surface area (Å²) in [6.45, 7) is 3.84. The van der Waals surface area contributed by atoms with E-state index >= 15 is 0 Å². The smallest absolute Gasteiger partial charge is 0.159 e. The summed E-state index contributed by atoms with van der Waals surface area (Å²) in [4.78, 5) is 13.7. The van der Waals surface area contributed by atoms with Gasteiger partial charge in [0.15, 0.2) is 5.78 Å². The van der Waals surface area contributed by atoms with Crippen LogP contribution in [-0.4, -0.2) is 31.0 Å². The van der Waals surface area contributed by atoms with Crippen molar-refractivity contribution in [3.63, 3.8) is 0 Å². The van der Waals surface area contributed by atoms with E-state index in [4.69, 9.17) is 0 Å². The second kappa shape index (κ2) is 5.33. The molecule has 0 spiro atoms. The highest BCUT2D eigenvalue weighted by Crippen LogP contribution is 2.24. The summed E-state index contributed by atoms with van der Waals surface area (Å²) in [7, 11) is 0. The van der Waals surface area contributed by atoms with E-state index in [0.717, 1.165) is 24.7 Å². The number of hydrogen-bond donors (Lipinski definition) is 1. The minimum Gasteiger partial charge on any atom is -0.371 e. The van der Waals surface area contributed by atoms with Gasteiger partial charge in [-0.05, 0) is 56.9 Å². The van der Waals surface area contributed by atoms with Crippen molar-refractivity contribution in [1.82, 2.24) is 5.32 Å². The van der Waals surface area contributed by atoms with Gasteiger partial charge in [-0.15, -0.1) is 0 Å². The van der Waals surface area contributed by atoms with E-state index in [1.54, 1.807) is 6.92 Å². The van der Waals surface area contributed by atoms with Crippen LogP contribution in [0.2, 0.25) is 0 Å². The fourth-order valence-corrected chi connectivity index (χ4v) is 2.79. The Bertz CT molecular complexity index is 442. The maximum absolute atomic E-state index is 11.3. The Labute approximate surface area is 115 Å². The maximum atomic E-state index is 11.3. The highest BCUT2D eigenvalue weighted by atomic mass is 16.1. The highest BCUT2D eigenvalue weighted by molar-refractivity contribution is 5.94. The van der Waals surface area contributed by atoms with Gasteiger partial charge in [0.05, 0.1) is 0 Å². The number of piperidine rings is 1. The van der Waals surface area contributed by atoms with Crippen LogP contribution in [0.3, 0.4) is 0 Å². The molecule has 3 rings (SSSR count). The second-order valence-corrected chi connectivity index (χ2v) is 5.81. The van der Waals surface area contributed by atoms with Gasteiger partial charge >= 0.3 is 0 Å². The molecule has 1 heterocycles. The van der Waals surface area contributed by atoms with Crippen LogP contribution >= 0.6 is 0 Å². The van der Waals surface area contributed by atoms with Gasteiger partial charge in [-0.1, -0.05) is 0 Å². The van der Waals surface area contributed by atoms with Crippen molar-refractivity contribution in [3.05, 3.63) is 29.8 Å². The molecule has 1 saturated heterocycles. The van der Waals surface area contributed by atoms with Crippen LogP contribution < -0.4 is 10.2 Å². The molecule has 0 aromatic heterocycles. The highest BCUT2D eigenvalue weighted by Gasteiger charge is 2.27. The van der Waals surface area contributed by atoms with E-state index in [2.05, 4.69) is 22.3 Å². The Hall–Kier alpha value is -1.35. The molecule has 0 atom stereocenters. The van der Waals surface area contributed by atoms with E-state index in [1.807, 2.05) is 12.1 Å². The zero-order valence-corrected chi connectivity index (χ0v) is 11.6. The average molecular weight is 258 g/mol. The minimum atomic E-state index is 0.138. The Morgan fingerprint density at radius 1 is 1.05 bits per heavy atom. The molecule has 1 aliphatic carbocycles. The summed E-state index contributed by atoms with van der Waals surface area (Å²) in [6.07, 6.45) is 5.19. The largest absolute Gasteiger partial charge is 0.371 e. The van der Waals surface area contributed by atoms with E-state index in [0.29, 0.717) is 6.04 Å². The van der Waals surface area contributed by atoms with Crippen LogP contribution in [0, 0.1) is 0 Å². The molecule has 1 aliphatic heterocycles. The second-order valence-electron chi connectivity index (χ2n) is 5.81. The molecule has 3 heteroatoms. The predicted molar refractivity (Wildman–Crippen MR) is 77.8 cm³/mol. The number of nitrogens with zero attached hydrogens (tertiary/aromatic N) is 1. The van der Waals surface area contributed by atoms with Crippen LogP contribution in [0.1, 0.15) is 43.0 Å². The molecule has 2 aliphatic rings. The third-order valence-electron chi connectivity index (χ3n) is 4.18. The Morgan fingerprint density at radius 3 is 2.16 bits per heavy atom. The van der Waals surface area contributed by atoms with E-state index < -0.39 is 0 Å². The Balaban J connectivity index is 1.56. The Kier molecular flexibility index (Phi) is 3.56. The van der Waals surface area contributed by atoms with Gasteiger partial charge in [-0.3, -0.25) is 4.79 Å². The topological polar surface area (TPSA) is 32.3 Å². The van der Waals surface area contributed by atoms with Gasteiger partial charge in [-0.2, -0.15) is 0 Å². The fraction of sp³-hybridized carbons (Fsp3) is 0.562. The first-order chi connectivity index (χ1) is 9.22. The predicted octanol–water partition coefficient (Wildman–Crippen LogP) is 2.61. The van der Waals surface area contributed by atoms with Gasteiger partial charge in [0.2, 0.25) is 0 Å². The first-order valence-electron chi connectivity index (χ1n) is 7.34. The van der Waals surface area contributed by atoms with Gasteiger partial charge in [0, 0.05) is 36.4 Å². The van der Waals surface area contributed by atoms with Crippen LogP contribution in [0.5, 0.6) is 0 Å². The SMILES string of the molecule is CC(=O)c1ccc(N2CCC(NC3CC3)CC2)cc1. The minimum absolute atomic E-state index is 0.138. The number of rotatable bonds is 4. The first-order valence-corrected chi connectivity index (χ1v) is 7.34. The number of hydrogen-bond acceptors (Lipinski definition) is 3. The van der Waals surface area contributed by atoms with Crippen molar-refractivity contribution in [3.8, 4) is 0 Å². The molecule has 0 unspecified atom stereocenters. The lowest BCUT2D eigenvalue weighted by Gasteiger charge is -2.34. The van der Waals surface area contributed by atoms with Crippen LogP contribution in [0.15, 0.2) is 24.3 Å². The van der Waals surface area contributed by atoms with Gasteiger partial charge in [0.25, 0.3) is 0 Å². The van der Waals surface area contributed by atoms with E-state index in [-0.39, 0.29) is 5.78 Å². The maximum Gasteiger partial charge on any atom is 0.159 e. The molecule has 1 N–H and O–H groups in total. The molecular formula is C16H22N2O. The van der Waals surface area contributed by atoms with E-state index in [1.165, 1.54) is 31.4 Å². The van der Waals surface area contributed by atoms with Crippen LogP contribution in [-0.2, 0) is 0 Å². The molecule has 3 nitrogen and oxygen atoms in total. The normalized spacial score (nSPS) is 20.6. The number of carbonyl (C=O) groups excluding carboxylic acids is 1. The molecule has 2 fully saturated rings. The van der Waals surface area contributed by atoms with Crippen LogP contribution in [0.25, 0.3) is 0 Å². The molecule has 102 valence electrons. The van der Waals surface area contributed by atoms with Gasteiger partial charge < -0.3 is 10.2 Å². The van der Waals surface area contributed by atoms with Crippen molar-refractivity contribution >= 4 is 11.5 Å². The summed E-state index contributed by atoms with van der Waals surface area (Å²) in [6, 6.07) is 9.54. The standard InChI is InChI=1S/C16H22N2O/c1-12(19)13-2-6-16(7-3-13)18-10-8-15(9-11-18)17-14-4-5-14/h2-3,6-7,14-15,17H,4-5,8-11H2,1H3. The molecule has 0 amide bonds. The molecule has 1 saturated carbocycles. The zero-order valence-electron chi connectivity index (χ0n) is 11.6. The lowest BCUT2D eigenvalue weighted by Crippen LogP contribution is -2.43. The molecule has 0 radical (unpaired) electrons. The van der Waals surface area contributed by atoms with Crippen molar-refractivity contribution in [1.29, 1.82) is 0 Å². The summed E-state index contributed by atoms with van der Waals surface area (Å²) in [5.41, 5.74) is 2.05. The number of anilines is 1. The summed E-state index contributed by atoms with van der Waals surface area (Å²) < 4.78 is 0. The number of carbonyl (C=O) groups is 1. The third kappa shape index (κ3) is 3.16. The van der Waals surface area contributed by atoms with Crippen molar-refractivity contribution in [2.75, 3.05) is 18.0 Å². The van der Waals surface area contributed by atoms with E-state index in [9.17, 15) is 4.79 Å². The van der Waals surface area contributed by atoms with Crippen molar-refractivity contribution in [2.45, 2.75) is 44.7 Å². The monoisotopic (exact) mass is 258 g/mol. The fourth-order valence-electron chi connectivity index (χ4n) is 2.79. The zero-order chi connectivity index (χ0) is 13.2. The number of ketones is 1. The molecule has 1 aromatic rings. The number of Topliss-reactive ketones (excluding diaryl/α,β-unsaturated/α-hetero) is 1. The molecular weight excluding hydrogens is 236 g/mol. The molecule has 19 heavy (non-hydrogen) atoms. The summed E-state index contributed by atoms with van der Waals surface area (Å²) >= 11 is 0. The van der Waals surface area contributed by atoms with Gasteiger partial charge in [-0.25, -0.2) is 0 Å². The summed E-state index contributed by atoms with van der Waals surface area (Å²) in [5.74, 6) is 0.138. The molecule has 1 aromatic carbocycles. The Morgan fingerprint density at radius 2 is 1.63 bits per heavy atom. The van der Waals surface area contributed by atoms with Gasteiger partial charge in [0.1, 0.15) is 0 Å². The quantitative estimate of drug-likeness (QED) is 0.843. The van der Waals surface area contributed by atoms with Crippen molar-refractivity contribution < 1.29 is 4.79 Å². The van der Waals surface area contributed by atoms with Crippen molar-refractivity contribution in [2.24, 2.45) is 0 Å². The van der Waals surface area contributed by atoms with Crippen LogP contribution in [0.4, 0.5) is 5.69 Å². The third-order valence-corrected chi connectivity index (χ3v) is 4.18. The first kappa shape index (κ1) is 12.7. The molecule has 0 bridgehead atoms. The average Bonchev–Trinajstić information content (AvgIpc) is 3.24. The lowest BCUT2D eigenvalue weighted by atomic mass is 10.0. The number of nitrogens with one attached hydrogen (secondary N) is 1. The summed E-state index contributed by atoms with van der Waals surface area (Å²) in [5, 5.41) is 3.72. The number of benzene rings is 1.